The Labute approximate surface area is 296 Å². The number of amides is 2. The van der Waals surface area contributed by atoms with Crippen molar-refractivity contribution in [2.75, 3.05) is 22.9 Å². The lowest BCUT2D eigenvalue weighted by Gasteiger charge is -2.19. The summed E-state index contributed by atoms with van der Waals surface area (Å²) in [7, 11) is 0. The van der Waals surface area contributed by atoms with E-state index in [0.29, 0.717) is 43.9 Å². The second-order valence-corrected chi connectivity index (χ2v) is 12.2. The smallest absolute Gasteiger partial charge is 0.304 e. The van der Waals surface area contributed by atoms with Crippen LogP contribution in [0.25, 0.3) is 11.4 Å². The van der Waals surface area contributed by atoms with Crippen LogP contribution in [0.15, 0.2) is 120 Å². The quantitative estimate of drug-likeness (QED) is 0.0920. The van der Waals surface area contributed by atoms with E-state index in [2.05, 4.69) is 10.6 Å². The minimum Gasteiger partial charge on any atom is -0.382 e. The standard InChI is InChI=1S/C36H24Cl2N4O4S2/c37-23-13-7-15-25(19-23)41-33(45)31(43)27(35(41)47)29(21-9-3-1-4-10-21)39-17-18-40-30(22-11-5-2-6-12-22)28-32(44)34(46)42(36(28)48)26-16-8-14-24(38)20-26/h1-16,19-20,39-40H,17-18H2/b29-27-,30-28-. The summed E-state index contributed by atoms with van der Waals surface area (Å²) >= 11 is 23.7. The summed E-state index contributed by atoms with van der Waals surface area (Å²) in [6, 6.07) is 31.2. The van der Waals surface area contributed by atoms with E-state index in [-0.39, 0.29) is 34.2 Å². The highest BCUT2D eigenvalue weighted by atomic mass is 35.5. The fourth-order valence-corrected chi connectivity index (χ4v) is 6.55. The third-order valence-electron chi connectivity index (χ3n) is 7.57. The van der Waals surface area contributed by atoms with E-state index in [9.17, 15) is 19.2 Å². The van der Waals surface area contributed by atoms with Crippen molar-refractivity contribution >= 4 is 104 Å². The number of thiocarbonyl (C=S) groups is 2. The van der Waals surface area contributed by atoms with E-state index in [1.54, 1.807) is 72.8 Å². The first-order valence-electron chi connectivity index (χ1n) is 14.6. The van der Waals surface area contributed by atoms with E-state index in [1.165, 1.54) is 9.80 Å². The van der Waals surface area contributed by atoms with Gasteiger partial charge in [-0.25, -0.2) is 0 Å². The van der Waals surface area contributed by atoms with Gasteiger partial charge in [0.15, 0.2) is 0 Å². The van der Waals surface area contributed by atoms with Gasteiger partial charge >= 0.3 is 11.8 Å². The van der Waals surface area contributed by atoms with Gasteiger partial charge in [-0.15, -0.1) is 0 Å². The zero-order valence-corrected chi connectivity index (χ0v) is 28.1. The van der Waals surface area contributed by atoms with Gasteiger partial charge in [-0.3, -0.25) is 29.0 Å². The molecule has 4 aromatic carbocycles. The lowest BCUT2D eigenvalue weighted by molar-refractivity contribution is -0.132. The molecule has 12 heteroatoms. The SMILES string of the molecule is O=C1C(=O)N(c2cccc(Cl)c2)C(=S)/C1=C(\NCCN/C(=C1/C(=O)C(=O)N(c2cccc(Cl)c2)C1=S)c1ccccc1)c1ccccc1. The van der Waals surface area contributed by atoms with Gasteiger partial charge < -0.3 is 10.6 Å². The highest BCUT2D eigenvalue weighted by Gasteiger charge is 2.44. The van der Waals surface area contributed by atoms with E-state index in [1.807, 2.05) is 36.4 Å². The van der Waals surface area contributed by atoms with Crippen LogP contribution in [-0.4, -0.2) is 46.4 Å². The maximum absolute atomic E-state index is 13.4. The van der Waals surface area contributed by atoms with Crippen LogP contribution in [0, 0.1) is 0 Å². The zero-order chi connectivity index (χ0) is 33.9. The molecule has 0 atom stereocenters. The molecule has 2 aliphatic rings. The summed E-state index contributed by atoms with van der Waals surface area (Å²) in [6.45, 7) is 0.428. The van der Waals surface area contributed by atoms with E-state index in [0.717, 1.165) is 0 Å². The maximum atomic E-state index is 13.4. The minimum absolute atomic E-state index is 0.0418. The van der Waals surface area contributed by atoms with Crippen molar-refractivity contribution in [2.45, 2.75) is 0 Å². The second-order valence-electron chi connectivity index (χ2n) is 10.6. The van der Waals surface area contributed by atoms with Crippen molar-refractivity contribution < 1.29 is 19.2 Å². The third kappa shape index (κ3) is 6.31. The van der Waals surface area contributed by atoms with Crippen molar-refractivity contribution in [3.05, 3.63) is 142 Å². The molecule has 8 nitrogen and oxygen atoms in total. The molecule has 0 bridgehead atoms. The van der Waals surface area contributed by atoms with Crippen LogP contribution in [0.4, 0.5) is 11.4 Å². The normalized spacial score (nSPS) is 17.0. The van der Waals surface area contributed by atoms with Crippen LogP contribution >= 0.6 is 47.6 Å². The van der Waals surface area contributed by atoms with Gasteiger partial charge in [-0.1, -0.05) is 120 Å². The zero-order valence-electron chi connectivity index (χ0n) is 24.9. The minimum atomic E-state index is -0.788. The third-order valence-corrected chi connectivity index (χ3v) is 8.81. The molecule has 238 valence electrons. The molecule has 0 radical (unpaired) electrons. The predicted octanol–water partition coefficient (Wildman–Crippen LogP) is 6.18. The van der Waals surface area contributed by atoms with Gasteiger partial charge in [-0.05, 0) is 47.5 Å². The Bertz CT molecular complexity index is 1930. The highest BCUT2D eigenvalue weighted by Crippen LogP contribution is 2.32. The average molecular weight is 712 g/mol. The van der Waals surface area contributed by atoms with Gasteiger partial charge in [0, 0.05) is 23.1 Å². The summed E-state index contributed by atoms with van der Waals surface area (Å²) in [5, 5.41) is 7.35. The summed E-state index contributed by atoms with van der Waals surface area (Å²) in [5.74, 6) is -3.09. The molecule has 48 heavy (non-hydrogen) atoms. The Morgan fingerprint density at radius 1 is 0.542 bits per heavy atom. The van der Waals surface area contributed by atoms with Gasteiger partial charge in [0.25, 0.3) is 11.6 Å². The molecule has 2 aliphatic heterocycles. The number of Topliss-reactive ketones (excluding diaryl/α,β-unsaturated/α-hetero) is 2. The summed E-state index contributed by atoms with van der Waals surface area (Å²) < 4.78 is 0. The molecule has 2 N–H and O–H groups in total. The number of hydrogen-bond donors (Lipinski definition) is 2. The van der Waals surface area contributed by atoms with Gasteiger partial charge in [0.05, 0.1) is 33.9 Å². The monoisotopic (exact) mass is 710 g/mol. The molecule has 0 spiro atoms. The van der Waals surface area contributed by atoms with Crippen molar-refractivity contribution in [3.8, 4) is 0 Å². The summed E-state index contributed by atoms with van der Waals surface area (Å²) in [4.78, 5) is 55.7. The fourth-order valence-electron chi connectivity index (χ4n) is 5.41. The van der Waals surface area contributed by atoms with Crippen molar-refractivity contribution in [3.63, 3.8) is 0 Å². The van der Waals surface area contributed by atoms with Crippen LogP contribution < -0.4 is 20.4 Å². The lowest BCUT2D eigenvalue weighted by Crippen LogP contribution is -2.30. The molecule has 0 aromatic heterocycles. The number of hydrogen-bond acceptors (Lipinski definition) is 8. The molecule has 4 aromatic rings. The Balaban J connectivity index is 1.31. The molecule has 0 saturated carbocycles. The first-order valence-corrected chi connectivity index (χ1v) is 16.2. The first kappa shape index (κ1) is 32.9. The van der Waals surface area contributed by atoms with Crippen molar-refractivity contribution in [1.29, 1.82) is 0 Å². The molecular weight excluding hydrogens is 687 g/mol. The van der Waals surface area contributed by atoms with Crippen LogP contribution in [0.3, 0.4) is 0 Å². The molecule has 6 rings (SSSR count). The van der Waals surface area contributed by atoms with Crippen LogP contribution in [-0.2, 0) is 19.2 Å². The van der Waals surface area contributed by atoms with Gasteiger partial charge in [0.2, 0.25) is 0 Å². The Morgan fingerprint density at radius 2 is 0.917 bits per heavy atom. The highest BCUT2D eigenvalue weighted by molar-refractivity contribution is 7.81. The topological polar surface area (TPSA) is 98.8 Å². The van der Waals surface area contributed by atoms with Crippen LogP contribution in [0.2, 0.25) is 10.0 Å². The van der Waals surface area contributed by atoms with Gasteiger partial charge in [-0.2, -0.15) is 0 Å². The number of anilines is 2. The Kier molecular flexibility index (Phi) is 9.61. The van der Waals surface area contributed by atoms with E-state index >= 15 is 0 Å². The van der Waals surface area contributed by atoms with Crippen molar-refractivity contribution in [1.82, 2.24) is 10.6 Å². The number of benzene rings is 4. The molecule has 0 unspecified atom stereocenters. The van der Waals surface area contributed by atoms with Crippen LogP contribution in [0.5, 0.6) is 0 Å². The number of nitrogens with one attached hydrogen (secondary N) is 2. The molecule has 2 amide bonds. The average Bonchev–Trinajstić information content (AvgIpc) is 3.44. The maximum Gasteiger partial charge on any atom is 0.304 e. The fraction of sp³-hybridized carbons (Fsp3) is 0.0556. The summed E-state index contributed by atoms with van der Waals surface area (Å²) in [6.07, 6.45) is 0. The number of carbonyl (C=O) groups excluding carboxylic acids is 4. The summed E-state index contributed by atoms with van der Waals surface area (Å²) in [5.41, 5.74) is 2.89. The van der Waals surface area contributed by atoms with E-state index in [4.69, 9.17) is 47.6 Å². The number of nitrogens with zero attached hydrogens (tertiary/aromatic N) is 2. The Morgan fingerprint density at radius 3 is 1.27 bits per heavy atom. The number of rotatable bonds is 9. The number of halogens is 2. The second kappa shape index (κ2) is 14.0. The largest absolute Gasteiger partial charge is 0.382 e. The van der Waals surface area contributed by atoms with Crippen molar-refractivity contribution in [2.24, 2.45) is 0 Å². The Hall–Kier alpha value is -5.00. The van der Waals surface area contributed by atoms with Crippen LogP contribution in [0.1, 0.15) is 11.1 Å². The lowest BCUT2D eigenvalue weighted by atomic mass is 10.0. The number of carbonyl (C=O) groups is 4. The first-order chi connectivity index (χ1) is 23.2. The predicted molar refractivity (Wildman–Crippen MR) is 196 cm³/mol. The molecule has 0 aliphatic carbocycles. The molecule has 2 fully saturated rings. The molecular formula is C36H24Cl2N4O4S2. The number of ketones is 2. The molecule has 2 heterocycles. The van der Waals surface area contributed by atoms with Gasteiger partial charge in [0.1, 0.15) is 9.98 Å². The van der Waals surface area contributed by atoms with E-state index < -0.39 is 23.4 Å². The molecule has 2 saturated heterocycles.